The second-order valence-corrected chi connectivity index (χ2v) is 5.69. The molecule has 0 saturated carbocycles. The van der Waals surface area contributed by atoms with E-state index in [1.54, 1.807) is 43.2 Å². The van der Waals surface area contributed by atoms with Crippen LogP contribution in [0.1, 0.15) is 17.5 Å². The van der Waals surface area contributed by atoms with Gasteiger partial charge in [0.05, 0.1) is 12.8 Å². The Balaban J connectivity index is 0.00000243. The maximum absolute atomic E-state index is 12.6. The van der Waals surface area contributed by atoms with Crippen molar-refractivity contribution in [2.75, 3.05) is 26.1 Å². The smallest absolute Gasteiger partial charge is 0.246 e. The van der Waals surface area contributed by atoms with Crippen LogP contribution in [0.5, 0.6) is 0 Å². The van der Waals surface area contributed by atoms with E-state index >= 15 is 0 Å². The van der Waals surface area contributed by atoms with E-state index in [9.17, 15) is 4.79 Å². The molecule has 140 valence electrons. The van der Waals surface area contributed by atoms with E-state index in [4.69, 9.17) is 9.15 Å². The zero-order valence-corrected chi connectivity index (χ0v) is 15.7. The molecule has 0 saturated heterocycles. The Hall–Kier alpha value is -2.42. The number of oxazole rings is 1. The van der Waals surface area contributed by atoms with Crippen molar-refractivity contribution >= 4 is 35.1 Å². The number of methoxy groups -OCH3 is 1. The lowest BCUT2D eigenvalue weighted by Crippen LogP contribution is -2.30. The molecule has 0 bridgehead atoms. The third-order valence-electron chi connectivity index (χ3n) is 3.83. The lowest BCUT2D eigenvalue weighted by Gasteiger charge is -2.14. The van der Waals surface area contributed by atoms with E-state index in [0.29, 0.717) is 35.7 Å². The van der Waals surface area contributed by atoms with Gasteiger partial charge in [0.1, 0.15) is 11.6 Å². The molecule has 8 nitrogen and oxygen atoms in total. The molecule has 2 aromatic heterocycles. The average Bonchev–Trinajstić information content (AvgIpc) is 3.19. The number of nitrogens with one attached hydrogen (secondary N) is 2. The van der Waals surface area contributed by atoms with Gasteiger partial charge in [-0.1, -0.05) is 0 Å². The van der Waals surface area contributed by atoms with Gasteiger partial charge < -0.3 is 19.8 Å². The van der Waals surface area contributed by atoms with E-state index in [0.717, 1.165) is 5.56 Å². The van der Waals surface area contributed by atoms with Crippen molar-refractivity contribution < 1.29 is 13.9 Å². The third-order valence-corrected chi connectivity index (χ3v) is 3.83. The maximum Gasteiger partial charge on any atom is 0.246 e. The van der Waals surface area contributed by atoms with Crippen LogP contribution in [0.3, 0.4) is 0 Å². The van der Waals surface area contributed by atoms with Crippen LogP contribution < -0.4 is 10.6 Å². The SMILES string of the molecule is CNC(C(=O)Nc1ccc2oc(CCOC)nc2c1)c1cnn(C)c1.Cl. The van der Waals surface area contributed by atoms with E-state index in [-0.39, 0.29) is 18.3 Å². The second kappa shape index (κ2) is 8.79. The van der Waals surface area contributed by atoms with Gasteiger partial charge in [-0.3, -0.25) is 9.48 Å². The minimum Gasteiger partial charge on any atom is -0.441 e. The summed E-state index contributed by atoms with van der Waals surface area (Å²) in [5.41, 5.74) is 2.84. The van der Waals surface area contributed by atoms with Crippen molar-refractivity contribution in [1.82, 2.24) is 20.1 Å². The van der Waals surface area contributed by atoms with Crippen LogP contribution in [-0.4, -0.2) is 41.4 Å². The Bertz CT molecular complexity index is 876. The number of likely N-dealkylation sites (N-methyl/N-ethyl adjacent to an activating group) is 1. The number of carbonyl (C=O) groups is 1. The highest BCUT2D eigenvalue weighted by Crippen LogP contribution is 2.22. The summed E-state index contributed by atoms with van der Waals surface area (Å²) in [5, 5.41) is 10.0. The number of halogens is 1. The molecule has 26 heavy (non-hydrogen) atoms. The van der Waals surface area contributed by atoms with Crippen LogP contribution in [0.4, 0.5) is 5.69 Å². The lowest BCUT2D eigenvalue weighted by molar-refractivity contribution is -0.118. The molecule has 3 rings (SSSR count). The predicted molar refractivity (Wildman–Crippen MR) is 100 cm³/mol. The van der Waals surface area contributed by atoms with Gasteiger partial charge in [-0.2, -0.15) is 5.10 Å². The number of amides is 1. The number of benzene rings is 1. The predicted octanol–water partition coefficient (Wildman–Crippen LogP) is 2.07. The number of aromatic nitrogens is 3. The summed E-state index contributed by atoms with van der Waals surface area (Å²) < 4.78 is 12.3. The quantitative estimate of drug-likeness (QED) is 0.652. The molecule has 9 heteroatoms. The van der Waals surface area contributed by atoms with Gasteiger partial charge in [-0.15, -0.1) is 12.4 Å². The molecular formula is C17H22ClN5O3. The normalized spacial score (nSPS) is 12.0. The van der Waals surface area contributed by atoms with Crippen molar-refractivity contribution in [1.29, 1.82) is 0 Å². The fourth-order valence-corrected chi connectivity index (χ4v) is 2.60. The maximum atomic E-state index is 12.6. The molecule has 1 atom stereocenters. The van der Waals surface area contributed by atoms with Crippen LogP contribution in [0.15, 0.2) is 35.0 Å². The summed E-state index contributed by atoms with van der Waals surface area (Å²) in [6.45, 7) is 0.547. The van der Waals surface area contributed by atoms with Crippen molar-refractivity contribution in [3.63, 3.8) is 0 Å². The molecule has 0 aliphatic heterocycles. The summed E-state index contributed by atoms with van der Waals surface area (Å²) in [5.74, 6) is 0.446. The van der Waals surface area contributed by atoms with Crippen LogP contribution in [0, 0.1) is 0 Å². The zero-order chi connectivity index (χ0) is 17.8. The summed E-state index contributed by atoms with van der Waals surface area (Å²) in [4.78, 5) is 17.0. The number of hydrogen-bond donors (Lipinski definition) is 2. The van der Waals surface area contributed by atoms with Crippen molar-refractivity contribution in [2.45, 2.75) is 12.5 Å². The lowest BCUT2D eigenvalue weighted by atomic mass is 10.1. The standard InChI is InChI=1S/C17H21N5O3.ClH/c1-18-16(11-9-19-22(2)10-11)17(23)20-12-4-5-14-13(8-12)21-15(25-14)6-7-24-3;/h4-5,8-10,16,18H,6-7H2,1-3H3,(H,20,23);1H. The summed E-state index contributed by atoms with van der Waals surface area (Å²) in [6, 6.07) is 4.90. The van der Waals surface area contributed by atoms with Crippen LogP contribution >= 0.6 is 12.4 Å². The van der Waals surface area contributed by atoms with E-state index in [1.165, 1.54) is 0 Å². The number of carbonyl (C=O) groups excluding carboxylic acids is 1. The fourth-order valence-electron chi connectivity index (χ4n) is 2.60. The number of hydrogen-bond acceptors (Lipinski definition) is 6. The molecule has 0 aliphatic rings. The number of ether oxygens (including phenoxy) is 1. The van der Waals surface area contributed by atoms with Crippen LogP contribution in [0.25, 0.3) is 11.1 Å². The number of nitrogens with zero attached hydrogens (tertiary/aromatic N) is 3. The average molecular weight is 380 g/mol. The third kappa shape index (κ3) is 4.40. The number of fused-ring (bicyclic) bond motifs is 1. The van der Waals surface area contributed by atoms with Gasteiger partial charge >= 0.3 is 0 Å². The number of rotatable bonds is 7. The molecule has 1 unspecified atom stereocenters. The van der Waals surface area contributed by atoms with E-state index in [1.807, 2.05) is 13.2 Å². The van der Waals surface area contributed by atoms with Gasteiger partial charge in [0.15, 0.2) is 11.5 Å². The molecule has 0 radical (unpaired) electrons. The number of anilines is 1. The largest absolute Gasteiger partial charge is 0.441 e. The van der Waals surface area contributed by atoms with E-state index in [2.05, 4.69) is 20.7 Å². The molecule has 0 spiro atoms. The van der Waals surface area contributed by atoms with Crippen molar-refractivity contribution in [3.05, 3.63) is 42.0 Å². The highest BCUT2D eigenvalue weighted by atomic mass is 35.5. The number of aryl methyl sites for hydroxylation is 1. The molecule has 3 aromatic rings. The van der Waals surface area contributed by atoms with Gasteiger partial charge in [0, 0.05) is 38.0 Å². The molecule has 2 heterocycles. The molecule has 2 N–H and O–H groups in total. The topological polar surface area (TPSA) is 94.2 Å². The first-order valence-electron chi connectivity index (χ1n) is 7.96. The van der Waals surface area contributed by atoms with Gasteiger partial charge in [-0.25, -0.2) is 4.98 Å². The van der Waals surface area contributed by atoms with Gasteiger partial charge in [0.2, 0.25) is 5.91 Å². The van der Waals surface area contributed by atoms with E-state index < -0.39 is 6.04 Å². The first-order chi connectivity index (χ1) is 12.1. The van der Waals surface area contributed by atoms with Crippen LogP contribution in [0.2, 0.25) is 0 Å². The molecular weight excluding hydrogens is 358 g/mol. The minimum absolute atomic E-state index is 0. The Kier molecular flexibility index (Phi) is 6.73. The summed E-state index contributed by atoms with van der Waals surface area (Å²) >= 11 is 0. The van der Waals surface area contributed by atoms with Gasteiger partial charge in [0.25, 0.3) is 0 Å². The highest BCUT2D eigenvalue weighted by molar-refractivity contribution is 5.96. The summed E-state index contributed by atoms with van der Waals surface area (Å²) in [6.07, 6.45) is 4.09. The van der Waals surface area contributed by atoms with Crippen molar-refractivity contribution in [3.8, 4) is 0 Å². The second-order valence-electron chi connectivity index (χ2n) is 5.69. The highest BCUT2D eigenvalue weighted by Gasteiger charge is 2.20. The molecule has 0 aliphatic carbocycles. The Morgan fingerprint density at radius 3 is 2.88 bits per heavy atom. The van der Waals surface area contributed by atoms with Crippen LogP contribution in [-0.2, 0) is 23.0 Å². The first-order valence-corrected chi connectivity index (χ1v) is 7.96. The first kappa shape index (κ1) is 19.9. The summed E-state index contributed by atoms with van der Waals surface area (Å²) in [7, 11) is 5.19. The van der Waals surface area contributed by atoms with Crippen molar-refractivity contribution in [2.24, 2.45) is 7.05 Å². The fraction of sp³-hybridized carbons (Fsp3) is 0.353. The Morgan fingerprint density at radius 2 is 2.23 bits per heavy atom. The molecule has 1 amide bonds. The van der Waals surface area contributed by atoms with Gasteiger partial charge in [-0.05, 0) is 25.2 Å². The minimum atomic E-state index is -0.487. The Labute approximate surface area is 157 Å². The molecule has 0 fully saturated rings. The Morgan fingerprint density at radius 1 is 1.42 bits per heavy atom. The monoisotopic (exact) mass is 379 g/mol. The zero-order valence-electron chi connectivity index (χ0n) is 14.9. The molecule has 1 aromatic carbocycles.